The average Bonchev–Trinajstić information content (AvgIpc) is 3.10. The van der Waals surface area contributed by atoms with Gasteiger partial charge < -0.3 is 20.1 Å². The highest BCUT2D eigenvalue weighted by Crippen LogP contribution is 2.32. The lowest BCUT2D eigenvalue weighted by Crippen LogP contribution is -2.42. The van der Waals surface area contributed by atoms with Crippen LogP contribution in [0.25, 0.3) is 0 Å². The Morgan fingerprint density at radius 3 is 2.74 bits per heavy atom. The molecule has 1 aromatic carbocycles. The summed E-state index contributed by atoms with van der Waals surface area (Å²) in [6.07, 6.45) is 0.407. The van der Waals surface area contributed by atoms with Crippen molar-refractivity contribution in [3.63, 3.8) is 0 Å². The van der Waals surface area contributed by atoms with Crippen LogP contribution in [0.15, 0.2) is 18.2 Å². The van der Waals surface area contributed by atoms with Crippen molar-refractivity contribution in [3.8, 4) is 11.5 Å². The molecule has 2 N–H and O–H groups in total. The molecule has 1 atom stereocenters. The molecule has 3 rings (SSSR count). The van der Waals surface area contributed by atoms with Crippen LogP contribution in [0.4, 0.5) is 0 Å². The minimum absolute atomic E-state index is 0.0468. The Morgan fingerprint density at radius 2 is 2.00 bits per heavy atom. The number of hydrogen-bond acceptors (Lipinski definition) is 6. The molecule has 1 saturated heterocycles. The minimum atomic E-state index is -3.05. The van der Waals surface area contributed by atoms with E-state index in [0.29, 0.717) is 23.5 Å². The van der Waals surface area contributed by atoms with Gasteiger partial charge in [0.1, 0.15) is 0 Å². The van der Waals surface area contributed by atoms with E-state index in [2.05, 4.69) is 10.6 Å². The number of nitrogens with one attached hydrogen (secondary N) is 2. The van der Waals surface area contributed by atoms with Gasteiger partial charge in [0.15, 0.2) is 21.3 Å². The molecule has 2 heterocycles. The van der Waals surface area contributed by atoms with Gasteiger partial charge in [0.05, 0.1) is 18.1 Å². The van der Waals surface area contributed by atoms with E-state index in [4.69, 9.17) is 9.47 Å². The summed E-state index contributed by atoms with van der Waals surface area (Å²) in [5.41, 5.74) is 0.352. The molecule has 2 aliphatic heterocycles. The topological polar surface area (TPSA) is 111 Å². The molecule has 9 heteroatoms. The van der Waals surface area contributed by atoms with Crippen LogP contribution in [0.2, 0.25) is 0 Å². The molecule has 124 valence electrons. The first-order valence-electron chi connectivity index (χ1n) is 7.10. The van der Waals surface area contributed by atoms with Crippen molar-refractivity contribution in [1.82, 2.24) is 10.6 Å². The van der Waals surface area contributed by atoms with Crippen molar-refractivity contribution in [2.45, 2.75) is 12.5 Å². The van der Waals surface area contributed by atoms with Crippen molar-refractivity contribution in [2.75, 3.05) is 24.8 Å². The fraction of sp³-hybridized carbons (Fsp3) is 0.429. The number of amides is 2. The van der Waals surface area contributed by atoms with Crippen LogP contribution >= 0.6 is 0 Å². The van der Waals surface area contributed by atoms with E-state index in [0.717, 1.165) is 0 Å². The Bertz CT molecular complexity index is 746. The number of benzene rings is 1. The second kappa shape index (κ2) is 6.07. The summed E-state index contributed by atoms with van der Waals surface area (Å²) in [6, 6.07) is 4.36. The predicted octanol–water partition coefficient (Wildman–Crippen LogP) is -0.552. The summed E-state index contributed by atoms with van der Waals surface area (Å²) >= 11 is 0. The fourth-order valence-corrected chi connectivity index (χ4v) is 4.16. The second-order valence-electron chi connectivity index (χ2n) is 5.42. The van der Waals surface area contributed by atoms with Crippen LogP contribution in [-0.4, -0.2) is 51.1 Å². The maximum absolute atomic E-state index is 12.0. The van der Waals surface area contributed by atoms with Crippen LogP contribution in [0, 0.1) is 0 Å². The molecule has 2 amide bonds. The first kappa shape index (κ1) is 15.6. The lowest BCUT2D eigenvalue weighted by molar-refractivity contribution is -0.120. The van der Waals surface area contributed by atoms with Gasteiger partial charge in [-0.3, -0.25) is 9.59 Å². The molecule has 8 nitrogen and oxygen atoms in total. The summed E-state index contributed by atoms with van der Waals surface area (Å²) in [5.74, 6) is 0.259. The highest BCUT2D eigenvalue weighted by molar-refractivity contribution is 7.91. The van der Waals surface area contributed by atoms with Gasteiger partial charge in [-0.2, -0.15) is 0 Å². The van der Waals surface area contributed by atoms with Gasteiger partial charge in [0.2, 0.25) is 12.7 Å². The van der Waals surface area contributed by atoms with Gasteiger partial charge in [-0.25, -0.2) is 8.42 Å². The Kier molecular flexibility index (Phi) is 4.12. The van der Waals surface area contributed by atoms with Crippen LogP contribution in [-0.2, 0) is 14.6 Å². The minimum Gasteiger partial charge on any atom is -0.454 e. The SMILES string of the molecule is O=C(CNC(=O)c1ccc2c(c1)OCO2)N[C@@H]1CCS(=O)(=O)C1. The number of fused-ring (bicyclic) bond motifs is 1. The molecule has 0 spiro atoms. The first-order chi connectivity index (χ1) is 10.9. The van der Waals surface area contributed by atoms with E-state index in [1.807, 2.05) is 0 Å². The zero-order chi connectivity index (χ0) is 16.4. The molecular formula is C14H16N2O6S. The molecule has 0 aliphatic carbocycles. The van der Waals surface area contributed by atoms with Crippen molar-refractivity contribution >= 4 is 21.7 Å². The van der Waals surface area contributed by atoms with Gasteiger partial charge in [0, 0.05) is 11.6 Å². The number of ether oxygens (including phenoxy) is 2. The standard InChI is InChI=1S/C14H16N2O6S/c17-13(16-10-3-4-23(19,20)7-10)6-15-14(18)9-1-2-11-12(5-9)22-8-21-11/h1-2,5,10H,3-4,6-8H2,(H,15,18)(H,16,17)/t10-/m1/s1. The van der Waals surface area contributed by atoms with Gasteiger partial charge in [-0.1, -0.05) is 0 Å². The van der Waals surface area contributed by atoms with E-state index >= 15 is 0 Å². The van der Waals surface area contributed by atoms with Crippen molar-refractivity contribution < 1.29 is 27.5 Å². The van der Waals surface area contributed by atoms with Crippen LogP contribution in [0.5, 0.6) is 11.5 Å². The zero-order valence-corrected chi connectivity index (χ0v) is 13.0. The number of sulfone groups is 1. The van der Waals surface area contributed by atoms with Crippen molar-refractivity contribution in [1.29, 1.82) is 0 Å². The lowest BCUT2D eigenvalue weighted by atomic mass is 10.2. The monoisotopic (exact) mass is 340 g/mol. The van der Waals surface area contributed by atoms with Gasteiger partial charge in [-0.05, 0) is 24.6 Å². The Labute approximate surface area is 133 Å². The van der Waals surface area contributed by atoms with Gasteiger partial charge in [0.25, 0.3) is 5.91 Å². The number of rotatable bonds is 4. The smallest absolute Gasteiger partial charge is 0.251 e. The maximum Gasteiger partial charge on any atom is 0.251 e. The molecule has 0 unspecified atom stereocenters. The van der Waals surface area contributed by atoms with E-state index in [1.54, 1.807) is 18.2 Å². The highest BCUT2D eigenvalue weighted by Gasteiger charge is 2.28. The molecule has 0 bridgehead atoms. The van der Waals surface area contributed by atoms with Crippen LogP contribution in [0.1, 0.15) is 16.8 Å². The molecule has 1 aromatic rings. The van der Waals surface area contributed by atoms with E-state index in [9.17, 15) is 18.0 Å². The predicted molar refractivity (Wildman–Crippen MR) is 80.1 cm³/mol. The fourth-order valence-electron chi connectivity index (χ4n) is 2.49. The highest BCUT2D eigenvalue weighted by atomic mass is 32.2. The molecule has 1 fully saturated rings. The number of carbonyl (C=O) groups excluding carboxylic acids is 2. The maximum atomic E-state index is 12.0. The third-order valence-corrected chi connectivity index (χ3v) is 5.41. The largest absolute Gasteiger partial charge is 0.454 e. The number of hydrogen-bond donors (Lipinski definition) is 2. The quantitative estimate of drug-likeness (QED) is 0.761. The molecule has 2 aliphatic rings. The lowest BCUT2D eigenvalue weighted by Gasteiger charge is -2.11. The van der Waals surface area contributed by atoms with E-state index in [1.165, 1.54) is 0 Å². The third-order valence-electron chi connectivity index (χ3n) is 3.64. The summed E-state index contributed by atoms with van der Waals surface area (Å²) in [5, 5.41) is 5.09. The molecule has 0 aromatic heterocycles. The van der Waals surface area contributed by atoms with E-state index < -0.39 is 21.7 Å². The van der Waals surface area contributed by atoms with Gasteiger partial charge >= 0.3 is 0 Å². The first-order valence-corrected chi connectivity index (χ1v) is 8.93. The second-order valence-corrected chi connectivity index (χ2v) is 7.65. The molecule has 0 saturated carbocycles. The third kappa shape index (κ3) is 3.73. The summed E-state index contributed by atoms with van der Waals surface area (Å²) in [7, 11) is -3.05. The van der Waals surface area contributed by atoms with Crippen molar-refractivity contribution in [3.05, 3.63) is 23.8 Å². The summed E-state index contributed by atoms with van der Waals surface area (Å²) in [6.45, 7) is -0.100. The van der Waals surface area contributed by atoms with Crippen molar-refractivity contribution in [2.24, 2.45) is 0 Å². The average molecular weight is 340 g/mol. The molecular weight excluding hydrogens is 324 g/mol. The molecule has 0 radical (unpaired) electrons. The van der Waals surface area contributed by atoms with Crippen LogP contribution < -0.4 is 20.1 Å². The normalized spacial score (nSPS) is 21.0. The Hall–Kier alpha value is -2.29. The summed E-state index contributed by atoms with van der Waals surface area (Å²) < 4.78 is 33.0. The number of carbonyl (C=O) groups is 2. The Balaban J connectivity index is 1.50. The van der Waals surface area contributed by atoms with E-state index in [-0.39, 0.29) is 30.9 Å². The zero-order valence-electron chi connectivity index (χ0n) is 12.2. The Morgan fingerprint density at radius 1 is 1.22 bits per heavy atom. The summed E-state index contributed by atoms with van der Waals surface area (Å²) in [4.78, 5) is 23.8. The van der Waals surface area contributed by atoms with Gasteiger partial charge in [-0.15, -0.1) is 0 Å². The molecule has 23 heavy (non-hydrogen) atoms. The van der Waals surface area contributed by atoms with Crippen LogP contribution in [0.3, 0.4) is 0 Å².